The van der Waals surface area contributed by atoms with Crippen molar-refractivity contribution in [2.75, 3.05) is 18.0 Å². The highest BCUT2D eigenvalue weighted by molar-refractivity contribution is 5.99. The molecule has 130 valence electrons. The lowest BCUT2D eigenvalue weighted by Crippen LogP contribution is -2.48. The number of nitrogens with zero attached hydrogens (tertiary/aromatic N) is 6. The largest absolute Gasteiger partial charge is 0.355 e. The van der Waals surface area contributed by atoms with E-state index in [0.717, 1.165) is 25.2 Å². The fourth-order valence-electron chi connectivity index (χ4n) is 3.19. The molecule has 1 N–H and O–H groups in total. The normalized spacial score (nSPS) is 17.0. The van der Waals surface area contributed by atoms with E-state index in [1.165, 1.54) is 0 Å². The molecule has 0 radical (unpaired) electrons. The Morgan fingerprint density at radius 1 is 1.31 bits per heavy atom. The second kappa shape index (κ2) is 6.80. The average molecular weight is 347 g/mol. The lowest BCUT2D eigenvalue weighted by atomic mass is 10.1. The van der Waals surface area contributed by atoms with E-state index in [9.17, 15) is 4.79 Å². The Morgan fingerprint density at radius 3 is 3.04 bits per heavy atom. The first kappa shape index (κ1) is 16.0. The van der Waals surface area contributed by atoms with Gasteiger partial charge in [-0.05, 0) is 31.0 Å². The van der Waals surface area contributed by atoms with Crippen LogP contribution in [0.2, 0.25) is 0 Å². The van der Waals surface area contributed by atoms with Gasteiger partial charge in [-0.1, -0.05) is 0 Å². The Morgan fingerprint density at radius 2 is 2.23 bits per heavy atom. The van der Waals surface area contributed by atoms with Crippen molar-refractivity contribution in [1.82, 2.24) is 24.9 Å². The van der Waals surface area contributed by atoms with E-state index in [1.807, 2.05) is 6.07 Å². The molecular weight excluding hydrogens is 330 g/mol. The number of aromatic nitrogens is 4. The predicted octanol–water partition coefficient (Wildman–Crippen LogP) is 1.39. The van der Waals surface area contributed by atoms with Crippen molar-refractivity contribution in [3.05, 3.63) is 54.1 Å². The lowest BCUT2D eigenvalue weighted by Gasteiger charge is -2.33. The SMILES string of the molecule is N#Cc1ccc(N2CCCC(NC(=O)c3cnn4cccnc34)C2)nc1. The topological polar surface area (TPSA) is 99.2 Å². The van der Waals surface area contributed by atoms with E-state index in [-0.39, 0.29) is 11.9 Å². The zero-order chi connectivity index (χ0) is 17.9. The van der Waals surface area contributed by atoms with Crippen LogP contribution in [-0.4, -0.2) is 44.6 Å². The highest BCUT2D eigenvalue weighted by Crippen LogP contribution is 2.18. The molecule has 26 heavy (non-hydrogen) atoms. The number of carbonyl (C=O) groups excluding carboxylic acids is 1. The number of nitrogens with one attached hydrogen (secondary N) is 1. The number of fused-ring (bicyclic) bond motifs is 1. The minimum atomic E-state index is -0.168. The van der Waals surface area contributed by atoms with Gasteiger partial charge in [0.2, 0.25) is 0 Å². The van der Waals surface area contributed by atoms with Gasteiger partial charge in [-0.2, -0.15) is 10.4 Å². The maximum Gasteiger partial charge on any atom is 0.257 e. The Bertz CT molecular complexity index is 973. The van der Waals surface area contributed by atoms with Crippen LogP contribution in [0.5, 0.6) is 0 Å². The maximum absolute atomic E-state index is 12.6. The van der Waals surface area contributed by atoms with Crippen LogP contribution >= 0.6 is 0 Å². The summed E-state index contributed by atoms with van der Waals surface area (Å²) in [5.74, 6) is 0.652. The van der Waals surface area contributed by atoms with E-state index in [0.29, 0.717) is 23.3 Å². The summed E-state index contributed by atoms with van der Waals surface area (Å²) in [7, 11) is 0. The second-order valence-corrected chi connectivity index (χ2v) is 6.22. The van der Waals surface area contributed by atoms with Crippen LogP contribution in [0.1, 0.15) is 28.8 Å². The molecule has 0 saturated carbocycles. The number of rotatable bonds is 3. The first-order chi connectivity index (χ1) is 12.7. The molecule has 1 aliphatic rings. The summed E-state index contributed by atoms with van der Waals surface area (Å²) in [5, 5.41) is 16.1. The van der Waals surface area contributed by atoms with E-state index in [1.54, 1.807) is 41.4 Å². The molecule has 1 unspecified atom stereocenters. The minimum absolute atomic E-state index is 0.0207. The third kappa shape index (κ3) is 3.07. The smallest absolute Gasteiger partial charge is 0.257 e. The van der Waals surface area contributed by atoms with Crippen molar-refractivity contribution in [1.29, 1.82) is 5.26 Å². The van der Waals surface area contributed by atoms with E-state index in [2.05, 4.69) is 31.4 Å². The minimum Gasteiger partial charge on any atom is -0.355 e. The summed E-state index contributed by atoms with van der Waals surface area (Å²) < 4.78 is 1.59. The summed E-state index contributed by atoms with van der Waals surface area (Å²) >= 11 is 0. The summed E-state index contributed by atoms with van der Waals surface area (Å²) in [6.45, 7) is 1.56. The molecule has 1 atom stereocenters. The predicted molar refractivity (Wildman–Crippen MR) is 94.6 cm³/mol. The van der Waals surface area contributed by atoms with Crippen LogP contribution in [0.15, 0.2) is 43.0 Å². The lowest BCUT2D eigenvalue weighted by molar-refractivity contribution is 0.0934. The first-order valence-corrected chi connectivity index (χ1v) is 8.45. The number of carbonyl (C=O) groups is 1. The van der Waals surface area contributed by atoms with Gasteiger partial charge in [-0.3, -0.25) is 4.79 Å². The molecule has 0 spiro atoms. The number of amides is 1. The van der Waals surface area contributed by atoms with Crippen LogP contribution in [0.4, 0.5) is 5.82 Å². The molecule has 0 bridgehead atoms. The van der Waals surface area contributed by atoms with Crippen molar-refractivity contribution in [2.45, 2.75) is 18.9 Å². The first-order valence-electron chi connectivity index (χ1n) is 8.45. The van der Waals surface area contributed by atoms with Crippen LogP contribution in [0.3, 0.4) is 0 Å². The van der Waals surface area contributed by atoms with Gasteiger partial charge in [-0.15, -0.1) is 0 Å². The van der Waals surface area contributed by atoms with Gasteiger partial charge in [0.15, 0.2) is 5.65 Å². The maximum atomic E-state index is 12.6. The number of piperidine rings is 1. The fourth-order valence-corrected chi connectivity index (χ4v) is 3.19. The Hall–Kier alpha value is -3.47. The molecule has 4 heterocycles. The number of anilines is 1. The molecule has 4 rings (SSSR count). The molecule has 1 fully saturated rings. The van der Waals surface area contributed by atoms with Crippen molar-refractivity contribution in [2.24, 2.45) is 0 Å². The van der Waals surface area contributed by atoms with Gasteiger partial charge < -0.3 is 10.2 Å². The van der Waals surface area contributed by atoms with E-state index >= 15 is 0 Å². The third-order valence-electron chi connectivity index (χ3n) is 4.48. The van der Waals surface area contributed by atoms with Gasteiger partial charge in [0.05, 0.1) is 11.8 Å². The zero-order valence-corrected chi connectivity index (χ0v) is 14.0. The second-order valence-electron chi connectivity index (χ2n) is 6.22. The number of hydrogen-bond acceptors (Lipinski definition) is 6. The van der Waals surface area contributed by atoms with Crippen molar-refractivity contribution < 1.29 is 4.79 Å². The molecule has 1 aliphatic heterocycles. The van der Waals surface area contributed by atoms with E-state index < -0.39 is 0 Å². The molecule has 1 saturated heterocycles. The van der Waals surface area contributed by atoms with Crippen molar-refractivity contribution >= 4 is 17.4 Å². The van der Waals surface area contributed by atoms with Crippen LogP contribution in [-0.2, 0) is 0 Å². The van der Waals surface area contributed by atoms with Gasteiger partial charge in [0.25, 0.3) is 5.91 Å². The molecule has 3 aromatic heterocycles. The molecule has 3 aromatic rings. The molecular formula is C18H17N7O. The standard InChI is InChI=1S/C18H17N7O/c19-9-13-4-5-16(21-10-13)24-7-1-3-14(12-24)23-18(26)15-11-22-25-8-2-6-20-17(15)25/h2,4-6,8,10-11,14H,1,3,7,12H2,(H,23,26). The quantitative estimate of drug-likeness (QED) is 0.769. The summed E-state index contributed by atoms with van der Waals surface area (Å²) in [5.41, 5.74) is 1.56. The molecule has 0 aliphatic carbocycles. The Labute approximate surface area is 150 Å². The Kier molecular flexibility index (Phi) is 4.19. The number of hydrogen-bond donors (Lipinski definition) is 1. The highest BCUT2D eigenvalue weighted by atomic mass is 16.1. The zero-order valence-electron chi connectivity index (χ0n) is 14.0. The van der Waals surface area contributed by atoms with Crippen molar-refractivity contribution in [3.63, 3.8) is 0 Å². The molecule has 8 heteroatoms. The molecule has 0 aromatic carbocycles. The van der Waals surface area contributed by atoms with Crippen LogP contribution in [0, 0.1) is 11.3 Å². The van der Waals surface area contributed by atoms with Crippen molar-refractivity contribution in [3.8, 4) is 6.07 Å². The molecule has 8 nitrogen and oxygen atoms in total. The monoisotopic (exact) mass is 347 g/mol. The highest BCUT2D eigenvalue weighted by Gasteiger charge is 2.24. The summed E-state index contributed by atoms with van der Waals surface area (Å²) in [6.07, 6.45) is 8.39. The third-order valence-corrected chi connectivity index (χ3v) is 4.48. The van der Waals surface area contributed by atoms with Gasteiger partial charge in [0.1, 0.15) is 17.5 Å². The Balaban J connectivity index is 1.46. The fraction of sp³-hybridized carbons (Fsp3) is 0.278. The van der Waals surface area contributed by atoms with Crippen LogP contribution < -0.4 is 10.2 Å². The van der Waals surface area contributed by atoms with Gasteiger partial charge in [-0.25, -0.2) is 14.5 Å². The average Bonchev–Trinajstić information content (AvgIpc) is 3.12. The van der Waals surface area contributed by atoms with E-state index in [4.69, 9.17) is 5.26 Å². The summed E-state index contributed by atoms with van der Waals surface area (Å²) in [6, 6.07) is 7.46. The number of pyridine rings is 1. The molecule has 1 amide bonds. The van der Waals surface area contributed by atoms with Gasteiger partial charge in [0, 0.05) is 37.7 Å². The number of nitriles is 1. The van der Waals surface area contributed by atoms with Gasteiger partial charge >= 0.3 is 0 Å². The van der Waals surface area contributed by atoms with Crippen LogP contribution in [0.25, 0.3) is 5.65 Å². The summed E-state index contributed by atoms with van der Waals surface area (Å²) in [4.78, 5) is 23.3.